The summed E-state index contributed by atoms with van der Waals surface area (Å²) < 4.78 is 28.4. The zero-order valence-electron chi connectivity index (χ0n) is 13.5. The van der Waals surface area contributed by atoms with Crippen LogP contribution in [-0.4, -0.2) is 24.2 Å². The molecule has 2 N–H and O–H groups in total. The molecule has 1 amide bonds. The molecule has 2 aliphatic carbocycles. The second-order valence-electron chi connectivity index (χ2n) is 6.91. The van der Waals surface area contributed by atoms with Gasteiger partial charge in [0.1, 0.15) is 5.75 Å². The predicted molar refractivity (Wildman–Crippen MR) is 84.6 cm³/mol. The Morgan fingerprint density at radius 3 is 2.58 bits per heavy atom. The number of benzene rings is 1. The van der Waals surface area contributed by atoms with Crippen molar-refractivity contribution in [3.05, 3.63) is 29.8 Å². The van der Waals surface area contributed by atoms with E-state index in [-0.39, 0.29) is 18.2 Å². The van der Waals surface area contributed by atoms with E-state index in [2.05, 4.69) is 10.1 Å². The predicted octanol–water partition coefficient (Wildman–Crippen LogP) is 3.26. The van der Waals surface area contributed by atoms with Crippen molar-refractivity contribution < 1.29 is 23.4 Å². The molecule has 4 unspecified atom stereocenters. The van der Waals surface area contributed by atoms with E-state index in [9.17, 15) is 18.7 Å². The summed E-state index contributed by atoms with van der Waals surface area (Å²) in [6.45, 7) is -2.75. The third-order valence-corrected chi connectivity index (χ3v) is 5.31. The Hall–Kier alpha value is -1.69. The minimum absolute atomic E-state index is 0.0238. The molecule has 1 aromatic carbocycles. The highest BCUT2D eigenvalue weighted by molar-refractivity contribution is 5.76. The van der Waals surface area contributed by atoms with Gasteiger partial charge in [-0.2, -0.15) is 8.78 Å². The molecule has 0 saturated heterocycles. The Kier molecular flexibility index (Phi) is 5.33. The lowest BCUT2D eigenvalue weighted by atomic mass is 9.86. The molecule has 4 nitrogen and oxygen atoms in total. The molecule has 2 aliphatic rings. The van der Waals surface area contributed by atoms with E-state index in [1.54, 1.807) is 0 Å². The van der Waals surface area contributed by atoms with Crippen molar-refractivity contribution >= 4 is 5.91 Å². The van der Waals surface area contributed by atoms with Crippen LogP contribution in [0.25, 0.3) is 0 Å². The molecule has 4 atom stereocenters. The zero-order chi connectivity index (χ0) is 17.1. The molecule has 3 rings (SSSR count). The first kappa shape index (κ1) is 17.1. The molecule has 2 bridgehead atoms. The van der Waals surface area contributed by atoms with Gasteiger partial charge in [0.2, 0.25) is 5.91 Å². The second kappa shape index (κ2) is 7.47. The minimum atomic E-state index is -2.87. The van der Waals surface area contributed by atoms with Crippen LogP contribution in [0.4, 0.5) is 8.78 Å². The van der Waals surface area contributed by atoms with Crippen LogP contribution in [0.1, 0.15) is 43.8 Å². The molecule has 0 radical (unpaired) electrons. The van der Waals surface area contributed by atoms with Gasteiger partial charge in [-0.3, -0.25) is 4.79 Å². The summed E-state index contributed by atoms with van der Waals surface area (Å²) in [7, 11) is 0. The van der Waals surface area contributed by atoms with Crippen molar-refractivity contribution in [1.29, 1.82) is 0 Å². The van der Waals surface area contributed by atoms with Gasteiger partial charge in [0.05, 0.1) is 6.10 Å². The van der Waals surface area contributed by atoms with Gasteiger partial charge in [-0.1, -0.05) is 18.6 Å². The maximum Gasteiger partial charge on any atom is 0.387 e. The fourth-order valence-electron chi connectivity index (χ4n) is 4.14. The summed E-state index contributed by atoms with van der Waals surface area (Å²) in [5, 5.41) is 12.9. The molecular weight excluding hydrogens is 316 g/mol. The normalized spacial score (nSPS) is 26.6. The lowest BCUT2D eigenvalue weighted by molar-refractivity contribution is -0.122. The monoisotopic (exact) mass is 339 g/mol. The van der Waals surface area contributed by atoms with Crippen LogP contribution in [0.3, 0.4) is 0 Å². The van der Waals surface area contributed by atoms with Crippen LogP contribution >= 0.6 is 0 Å². The SMILES string of the molecule is O=C(CC1CC2CCC1C2)NCC(O)c1ccc(OC(F)F)cc1. The maximum absolute atomic E-state index is 12.1. The maximum atomic E-state index is 12.1. The quantitative estimate of drug-likeness (QED) is 0.802. The number of amides is 1. The molecule has 0 heterocycles. The largest absolute Gasteiger partial charge is 0.435 e. The molecule has 0 aliphatic heterocycles. The number of fused-ring (bicyclic) bond motifs is 2. The molecule has 132 valence electrons. The number of aliphatic hydroxyl groups is 1. The van der Waals surface area contributed by atoms with Gasteiger partial charge >= 0.3 is 6.61 Å². The third-order valence-electron chi connectivity index (χ3n) is 5.31. The summed E-state index contributed by atoms with van der Waals surface area (Å²) in [6, 6.07) is 5.79. The highest BCUT2D eigenvalue weighted by Gasteiger charge is 2.40. The third kappa shape index (κ3) is 4.23. The van der Waals surface area contributed by atoms with Gasteiger partial charge in [0.25, 0.3) is 0 Å². The number of carbonyl (C=O) groups excluding carboxylic acids is 1. The first-order chi connectivity index (χ1) is 11.5. The molecule has 0 spiro atoms. The molecule has 6 heteroatoms. The summed E-state index contributed by atoms with van der Waals surface area (Å²) in [5.41, 5.74) is 0.553. The van der Waals surface area contributed by atoms with Gasteiger partial charge in [-0.15, -0.1) is 0 Å². The molecule has 0 aromatic heterocycles. The highest BCUT2D eigenvalue weighted by Crippen LogP contribution is 2.49. The van der Waals surface area contributed by atoms with E-state index < -0.39 is 12.7 Å². The number of halogens is 2. The van der Waals surface area contributed by atoms with Crippen molar-refractivity contribution in [2.24, 2.45) is 17.8 Å². The summed E-state index contributed by atoms with van der Waals surface area (Å²) in [4.78, 5) is 12.1. The van der Waals surface area contributed by atoms with Gasteiger partial charge in [0, 0.05) is 13.0 Å². The van der Waals surface area contributed by atoms with Crippen molar-refractivity contribution in [3.63, 3.8) is 0 Å². The topological polar surface area (TPSA) is 58.6 Å². The van der Waals surface area contributed by atoms with Crippen molar-refractivity contribution in [3.8, 4) is 5.75 Å². The van der Waals surface area contributed by atoms with Gasteiger partial charge in [-0.05, 0) is 54.7 Å². The summed E-state index contributed by atoms with van der Waals surface area (Å²) >= 11 is 0. The van der Waals surface area contributed by atoms with Crippen LogP contribution in [-0.2, 0) is 4.79 Å². The Morgan fingerprint density at radius 2 is 2.00 bits per heavy atom. The fourth-order valence-corrected chi connectivity index (χ4v) is 4.14. The average molecular weight is 339 g/mol. The van der Waals surface area contributed by atoms with E-state index in [0.717, 1.165) is 12.3 Å². The van der Waals surface area contributed by atoms with E-state index in [1.165, 1.54) is 43.5 Å². The van der Waals surface area contributed by atoms with E-state index >= 15 is 0 Å². The zero-order valence-corrected chi connectivity index (χ0v) is 13.5. The Bertz CT molecular complexity index is 564. The van der Waals surface area contributed by atoms with Crippen LogP contribution in [0.5, 0.6) is 5.75 Å². The molecule has 1 aromatic rings. The molecular formula is C18H23F2NO3. The molecule has 2 fully saturated rings. The van der Waals surface area contributed by atoms with E-state index in [0.29, 0.717) is 23.8 Å². The Labute approximate surface area is 140 Å². The summed E-state index contributed by atoms with van der Waals surface area (Å²) in [6.07, 6.45) is 4.66. The van der Waals surface area contributed by atoms with Gasteiger partial charge < -0.3 is 15.2 Å². The van der Waals surface area contributed by atoms with Crippen LogP contribution < -0.4 is 10.1 Å². The van der Waals surface area contributed by atoms with Gasteiger partial charge in [-0.25, -0.2) is 0 Å². The smallest absolute Gasteiger partial charge is 0.387 e. The number of aliphatic hydroxyl groups excluding tert-OH is 1. The summed E-state index contributed by atoms with van der Waals surface area (Å²) in [5.74, 6) is 2.03. The number of alkyl halides is 2. The van der Waals surface area contributed by atoms with Crippen LogP contribution in [0.15, 0.2) is 24.3 Å². The number of hydrogen-bond acceptors (Lipinski definition) is 3. The first-order valence-corrected chi connectivity index (χ1v) is 8.51. The van der Waals surface area contributed by atoms with E-state index in [4.69, 9.17) is 0 Å². The van der Waals surface area contributed by atoms with Crippen molar-refractivity contribution in [2.45, 2.75) is 44.8 Å². The van der Waals surface area contributed by atoms with Crippen LogP contribution in [0, 0.1) is 17.8 Å². The lowest BCUT2D eigenvalue weighted by Crippen LogP contribution is -2.30. The first-order valence-electron chi connectivity index (χ1n) is 8.51. The molecule has 2 saturated carbocycles. The average Bonchev–Trinajstić information content (AvgIpc) is 3.15. The second-order valence-corrected chi connectivity index (χ2v) is 6.91. The number of rotatable bonds is 7. The van der Waals surface area contributed by atoms with Crippen molar-refractivity contribution in [1.82, 2.24) is 5.32 Å². The standard InChI is InChI=1S/C18H23F2NO3/c19-18(20)24-15-5-3-12(4-6-15)16(22)10-21-17(23)9-14-8-11-1-2-13(14)7-11/h3-6,11,13-14,16,18,22H,1-2,7-10H2,(H,21,23). The van der Waals surface area contributed by atoms with Gasteiger partial charge in [0.15, 0.2) is 0 Å². The Balaban J connectivity index is 1.43. The van der Waals surface area contributed by atoms with Crippen LogP contribution in [0.2, 0.25) is 0 Å². The number of carbonyl (C=O) groups is 1. The number of ether oxygens (including phenoxy) is 1. The highest BCUT2D eigenvalue weighted by atomic mass is 19.3. The minimum Gasteiger partial charge on any atom is -0.435 e. The fraction of sp³-hybridized carbons (Fsp3) is 0.611. The lowest BCUT2D eigenvalue weighted by Gasteiger charge is -2.21. The van der Waals surface area contributed by atoms with E-state index in [1.807, 2.05) is 0 Å². The molecule has 24 heavy (non-hydrogen) atoms. The Morgan fingerprint density at radius 1 is 1.25 bits per heavy atom. The number of nitrogens with one attached hydrogen (secondary N) is 1. The number of hydrogen-bond donors (Lipinski definition) is 2. The van der Waals surface area contributed by atoms with Crippen molar-refractivity contribution in [2.75, 3.05) is 6.54 Å².